The first-order valence-corrected chi connectivity index (χ1v) is 11.6. The van der Waals surface area contributed by atoms with E-state index >= 15 is 0 Å². The number of fused-ring (bicyclic) bond motifs is 1. The molecule has 1 atom stereocenters. The van der Waals surface area contributed by atoms with Gasteiger partial charge in [0.15, 0.2) is 0 Å². The Hall–Kier alpha value is -0.363. The van der Waals surface area contributed by atoms with Gasteiger partial charge >= 0.3 is 0 Å². The minimum Gasteiger partial charge on any atom is -0.359 e. The van der Waals surface area contributed by atoms with E-state index in [0.717, 1.165) is 28.2 Å². The molecule has 0 aliphatic carbocycles. The summed E-state index contributed by atoms with van der Waals surface area (Å²) < 4.78 is 8.79. The summed E-state index contributed by atoms with van der Waals surface area (Å²) in [5, 5.41) is 1.54. The van der Waals surface area contributed by atoms with Crippen LogP contribution in [0.1, 0.15) is 13.2 Å². The van der Waals surface area contributed by atoms with Crippen molar-refractivity contribution in [1.82, 2.24) is 9.55 Å². The van der Waals surface area contributed by atoms with Crippen molar-refractivity contribution in [2.45, 2.75) is 38.8 Å². The van der Waals surface area contributed by atoms with Crippen molar-refractivity contribution in [2.24, 2.45) is 0 Å². The molecule has 0 amide bonds. The zero-order valence-corrected chi connectivity index (χ0v) is 15.6. The van der Waals surface area contributed by atoms with Crippen LogP contribution in [0.5, 0.6) is 0 Å². The first-order chi connectivity index (χ1) is 9.28. The average Bonchev–Trinajstić information content (AvgIpc) is 2.71. The third-order valence-electron chi connectivity index (χ3n) is 3.20. The van der Waals surface area contributed by atoms with E-state index in [2.05, 4.69) is 40.6 Å². The Morgan fingerprint density at radius 3 is 2.80 bits per heavy atom. The van der Waals surface area contributed by atoms with Crippen molar-refractivity contribution < 1.29 is 4.74 Å². The molecule has 110 valence electrons. The molecule has 1 unspecified atom stereocenters. The molecule has 0 aliphatic rings. The predicted octanol–water partition coefficient (Wildman–Crippen LogP) is 5.33. The van der Waals surface area contributed by atoms with Gasteiger partial charge in [-0.1, -0.05) is 31.2 Å². The summed E-state index contributed by atoms with van der Waals surface area (Å²) in [4.78, 5) is 4.42. The Labute approximate surface area is 134 Å². The van der Waals surface area contributed by atoms with Gasteiger partial charge in [-0.15, -0.1) is 0 Å². The second kappa shape index (κ2) is 6.18. The van der Waals surface area contributed by atoms with Crippen LogP contribution in [0.15, 0.2) is 22.8 Å². The first-order valence-electron chi connectivity index (χ1n) is 6.72. The highest BCUT2D eigenvalue weighted by Gasteiger charge is 2.15. The van der Waals surface area contributed by atoms with Crippen molar-refractivity contribution in [3.8, 4) is 0 Å². The number of halogens is 2. The molecule has 0 aliphatic heterocycles. The van der Waals surface area contributed by atoms with E-state index < -0.39 is 8.07 Å². The van der Waals surface area contributed by atoms with Gasteiger partial charge in [0, 0.05) is 26.3 Å². The molecular formula is C14H20BrClN2OSi. The smallest absolute Gasteiger partial charge is 0.145 e. The third-order valence-corrected chi connectivity index (χ3v) is 6.03. The van der Waals surface area contributed by atoms with Gasteiger partial charge in [-0.25, -0.2) is 4.98 Å². The molecule has 0 saturated carbocycles. The van der Waals surface area contributed by atoms with E-state index in [1.165, 1.54) is 0 Å². The molecule has 0 bridgehead atoms. The van der Waals surface area contributed by atoms with Crippen LogP contribution in [0.2, 0.25) is 30.8 Å². The molecule has 2 rings (SSSR count). The number of pyridine rings is 1. The number of nitrogens with zero attached hydrogens (tertiary/aromatic N) is 2. The van der Waals surface area contributed by atoms with E-state index in [0.29, 0.717) is 5.15 Å². The van der Waals surface area contributed by atoms with Gasteiger partial charge in [0.25, 0.3) is 0 Å². The van der Waals surface area contributed by atoms with Crippen LogP contribution in [0.3, 0.4) is 0 Å². The number of aromatic nitrogens is 2. The fourth-order valence-corrected chi connectivity index (χ4v) is 3.14. The van der Waals surface area contributed by atoms with Crippen molar-refractivity contribution in [3.63, 3.8) is 0 Å². The molecule has 0 saturated heterocycles. The Morgan fingerprint density at radius 1 is 1.45 bits per heavy atom. The molecule has 0 fully saturated rings. The first kappa shape index (κ1) is 16.0. The van der Waals surface area contributed by atoms with Gasteiger partial charge in [0.1, 0.15) is 17.0 Å². The van der Waals surface area contributed by atoms with Crippen LogP contribution in [-0.4, -0.2) is 24.2 Å². The van der Waals surface area contributed by atoms with Crippen molar-refractivity contribution in [3.05, 3.63) is 28.0 Å². The fourth-order valence-electron chi connectivity index (χ4n) is 1.94. The Morgan fingerprint density at radius 2 is 2.15 bits per heavy atom. The lowest BCUT2D eigenvalue weighted by Gasteiger charge is -2.20. The summed E-state index contributed by atoms with van der Waals surface area (Å²) in [6.45, 7) is 9.89. The Balaban J connectivity index is 2.14. The van der Waals surface area contributed by atoms with Gasteiger partial charge in [0.05, 0.1) is 4.47 Å². The monoisotopic (exact) mass is 374 g/mol. The second-order valence-corrected chi connectivity index (χ2v) is 13.0. The minimum absolute atomic E-state index is 0.0337. The quantitative estimate of drug-likeness (QED) is 0.522. The lowest BCUT2D eigenvalue weighted by molar-refractivity contribution is 0.0272. The molecule has 2 aromatic heterocycles. The lowest BCUT2D eigenvalue weighted by atomic mass is 10.3. The number of hydrogen-bond donors (Lipinski definition) is 0. The maximum absolute atomic E-state index is 6.08. The number of ether oxygens (including phenoxy) is 1. The summed E-state index contributed by atoms with van der Waals surface area (Å²) in [7, 11) is -1.06. The highest BCUT2D eigenvalue weighted by Crippen LogP contribution is 2.27. The maximum atomic E-state index is 6.08. The van der Waals surface area contributed by atoms with Gasteiger partial charge in [-0.3, -0.25) is 0 Å². The number of rotatable bonds is 5. The summed E-state index contributed by atoms with van der Waals surface area (Å²) in [5.41, 5.74) is 0.860. The van der Waals surface area contributed by atoms with Gasteiger partial charge in [-0.05, 0) is 41.0 Å². The van der Waals surface area contributed by atoms with E-state index in [1.807, 2.05) is 29.8 Å². The maximum Gasteiger partial charge on any atom is 0.145 e. The fraction of sp³-hybridized carbons (Fsp3) is 0.500. The van der Waals surface area contributed by atoms with Crippen LogP contribution in [0, 0.1) is 0 Å². The molecule has 6 heteroatoms. The van der Waals surface area contributed by atoms with Crippen molar-refractivity contribution in [1.29, 1.82) is 0 Å². The van der Waals surface area contributed by atoms with Crippen LogP contribution in [0.4, 0.5) is 0 Å². The summed E-state index contributed by atoms with van der Waals surface area (Å²) in [6.07, 6.45) is 1.97. The standard InChI is InChI=1S/C14H20BrClN2OSi/c1-10(19-7-8-20(2,3)4)18-6-5-11-9-12(15)13(16)17-14(11)18/h5-6,9-10H,7-8H2,1-4H3. The molecule has 2 aromatic rings. The van der Waals surface area contributed by atoms with Crippen molar-refractivity contribution >= 4 is 46.6 Å². The van der Waals surface area contributed by atoms with Crippen LogP contribution in [-0.2, 0) is 4.74 Å². The molecule has 0 radical (unpaired) electrons. The minimum atomic E-state index is -1.06. The van der Waals surface area contributed by atoms with E-state index in [-0.39, 0.29) is 6.23 Å². The lowest BCUT2D eigenvalue weighted by Crippen LogP contribution is -2.22. The summed E-state index contributed by atoms with van der Waals surface area (Å²) in [5.74, 6) is 0. The molecule has 0 aromatic carbocycles. The molecule has 3 nitrogen and oxygen atoms in total. The van der Waals surface area contributed by atoms with E-state index in [4.69, 9.17) is 16.3 Å². The zero-order valence-electron chi connectivity index (χ0n) is 12.3. The molecule has 2 heterocycles. The highest BCUT2D eigenvalue weighted by atomic mass is 79.9. The second-order valence-electron chi connectivity index (χ2n) is 6.18. The molecule has 20 heavy (non-hydrogen) atoms. The van der Waals surface area contributed by atoms with Gasteiger partial charge in [0.2, 0.25) is 0 Å². The summed E-state index contributed by atoms with van der Waals surface area (Å²) in [6, 6.07) is 5.17. The number of hydrogen-bond acceptors (Lipinski definition) is 2. The zero-order chi connectivity index (χ0) is 14.9. The molecule has 0 spiro atoms. The molecular weight excluding hydrogens is 356 g/mol. The highest BCUT2D eigenvalue weighted by molar-refractivity contribution is 9.10. The molecule has 0 N–H and O–H groups in total. The normalized spacial score (nSPS) is 13.9. The van der Waals surface area contributed by atoms with Crippen LogP contribution >= 0.6 is 27.5 Å². The van der Waals surface area contributed by atoms with Crippen LogP contribution < -0.4 is 0 Å². The third kappa shape index (κ3) is 3.84. The SMILES string of the molecule is CC(OCC[Si](C)(C)C)n1ccc2cc(Br)c(Cl)nc21. The largest absolute Gasteiger partial charge is 0.359 e. The summed E-state index contributed by atoms with van der Waals surface area (Å²) >= 11 is 9.47. The van der Waals surface area contributed by atoms with Gasteiger partial charge in [-0.2, -0.15) is 0 Å². The van der Waals surface area contributed by atoms with Crippen LogP contribution in [0.25, 0.3) is 11.0 Å². The Kier molecular flexibility index (Phi) is 4.95. The van der Waals surface area contributed by atoms with E-state index in [1.54, 1.807) is 0 Å². The predicted molar refractivity (Wildman–Crippen MR) is 91.3 cm³/mol. The average molecular weight is 376 g/mol. The van der Waals surface area contributed by atoms with Gasteiger partial charge < -0.3 is 9.30 Å². The van der Waals surface area contributed by atoms with E-state index in [9.17, 15) is 0 Å². The topological polar surface area (TPSA) is 27.1 Å². The Bertz CT molecular complexity index is 609. The van der Waals surface area contributed by atoms with Crippen molar-refractivity contribution in [2.75, 3.05) is 6.61 Å².